The van der Waals surface area contributed by atoms with Crippen molar-refractivity contribution in [2.45, 2.75) is 0 Å². The quantitative estimate of drug-likeness (QED) is 0.351. The van der Waals surface area contributed by atoms with Crippen molar-refractivity contribution in [1.29, 1.82) is 0 Å². The Morgan fingerprint density at radius 1 is 1.00 bits per heavy atom. The normalized spacial score (nSPS) is 4.50. The van der Waals surface area contributed by atoms with E-state index in [1.54, 1.807) is 0 Å². The molecule has 0 radical (unpaired) electrons. The SMILES string of the molecule is OB(O)O.[Cs+].[F-]. The van der Waals surface area contributed by atoms with Crippen LogP contribution in [0.1, 0.15) is 0 Å². The van der Waals surface area contributed by atoms with Crippen molar-refractivity contribution < 1.29 is 88.7 Å². The molecule has 3 N–H and O–H groups in total. The van der Waals surface area contributed by atoms with Gasteiger partial charge in [-0.1, -0.05) is 0 Å². The van der Waals surface area contributed by atoms with E-state index < -0.39 is 7.32 Å². The predicted molar refractivity (Wildman–Crippen MR) is 12.4 cm³/mol. The van der Waals surface area contributed by atoms with Crippen molar-refractivity contribution in [3.63, 3.8) is 0 Å². The molecule has 32 valence electrons. The van der Waals surface area contributed by atoms with E-state index in [2.05, 4.69) is 0 Å². The second kappa shape index (κ2) is 10.0. The summed E-state index contributed by atoms with van der Waals surface area (Å²) in [5.74, 6) is 0. The van der Waals surface area contributed by atoms with Gasteiger partial charge in [-0.05, 0) is 0 Å². The minimum Gasteiger partial charge on any atom is -1.00 e. The Labute approximate surface area is 93.7 Å². The Bertz CT molecular complexity index is 15.5. The molecule has 6 heavy (non-hydrogen) atoms. The van der Waals surface area contributed by atoms with Gasteiger partial charge in [-0.25, -0.2) is 0 Å². The summed E-state index contributed by atoms with van der Waals surface area (Å²) in [6.07, 6.45) is 0. The van der Waals surface area contributed by atoms with E-state index in [-0.39, 0.29) is 73.6 Å². The molecule has 0 amide bonds. The van der Waals surface area contributed by atoms with Gasteiger partial charge in [0.2, 0.25) is 0 Å². The summed E-state index contributed by atoms with van der Waals surface area (Å²) in [5.41, 5.74) is 0. The molecule has 0 aromatic heterocycles. The Morgan fingerprint density at radius 3 is 1.00 bits per heavy atom. The minimum atomic E-state index is -2.17. The van der Waals surface area contributed by atoms with Crippen LogP contribution in [0.2, 0.25) is 0 Å². The average Bonchev–Trinajstić information content (AvgIpc) is 0.811. The first-order chi connectivity index (χ1) is 1.73. The first-order valence-electron chi connectivity index (χ1n) is 0.775. The Morgan fingerprint density at radius 2 is 1.00 bits per heavy atom. The molecule has 3 nitrogen and oxygen atoms in total. The Hall–Kier alpha value is 1.93. The molecule has 0 aliphatic heterocycles. The van der Waals surface area contributed by atoms with Gasteiger partial charge in [0.25, 0.3) is 0 Å². The monoisotopic (exact) mass is 214 g/mol. The third-order valence-corrected chi connectivity index (χ3v) is 0. The molecule has 0 aromatic rings. The molecule has 0 unspecified atom stereocenters. The van der Waals surface area contributed by atoms with Crippen LogP contribution in [0.15, 0.2) is 0 Å². The van der Waals surface area contributed by atoms with Crippen molar-refractivity contribution in [3.8, 4) is 0 Å². The van der Waals surface area contributed by atoms with Gasteiger partial charge in [0.05, 0.1) is 0 Å². The molecule has 0 saturated heterocycles. The second-order valence-electron chi connectivity index (χ2n) is 0.346. The Balaban J connectivity index is -0.0000000450. The van der Waals surface area contributed by atoms with Crippen molar-refractivity contribution in [3.05, 3.63) is 0 Å². The van der Waals surface area contributed by atoms with Crippen LogP contribution in [0, 0.1) is 0 Å². The maximum absolute atomic E-state index is 7.17. The fraction of sp³-hybridized carbons (Fsp3) is 0. The number of hydrogen-bond donors (Lipinski definition) is 3. The summed E-state index contributed by atoms with van der Waals surface area (Å²) in [6.45, 7) is 0. The number of hydrogen-bond acceptors (Lipinski definition) is 3. The minimum absolute atomic E-state index is 0. The second-order valence-corrected chi connectivity index (χ2v) is 0.346. The number of halogens is 1. The van der Waals surface area contributed by atoms with Gasteiger partial charge in [0, 0.05) is 0 Å². The molecule has 0 fully saturated rings. The number of rotatable bonds is 0. The zero-order valence-corrected chi connectivity index (χ0v) is 9.58. The molecule has 0 saturated carbocycles. The molecule has 0 heterocycles. The predicted octanol–water partition coefficient (Wildman–Crippen LogP) is -8.04. The molecular formula is H3BCsFO3. The average molecular weight is 214 g/mol. The molecule has 0 aliphatic rings. The first kappa shape index (κ1) is 15.7. The molecule has 0 atom stereocenters. The van der Waals surface area contributed by atoms with E-state index in [1.165, 1.54) is 0 Å². The summed E-state index contributed by atoms with van der Waals surface area (Å²) in [5, 5.41) is 21.5. The van der Waals surface area contributed by atoms with Crippen LogP contribution in [0.3, 0.4) is 0 Å². The van der Waals surface area contributed by atoms with E-state index in [1.807, 2.05) is 0 Å². The molecule has 0 spiro atoms. The van der Waals surface area contributed by atoms with Crippen molar-refractivity contribution in [2.24, 2.45) is 0 Å². The van der Waals surface area contributed by atoms with Crippen LogP contribution >= 0.6 is 0 Å². The maximum atomic E-state index is 7.17. The van der Waals surface area contributed by atoms with Gasteiger partial charge in [-0.15, -0.1) is 0 Å². The topological polar surface area (TPSA) is 60.7 Å². The molecule has 6 heteroatoms. The van der Waals surface area contributed by atoms with E-state index in [0.29, 0.717) is 0 Å². The van der Waals surface area contributed by atoms with Gasteiger partial charge in [-0.3, -0.25) is 0 Å². The van der Waals surface area contributed by atoms with Gasteiger partial charge < -0.3 is 19.8 Å². The standard InChI is InChI=1S/BH3O3.Cs.FH/c2-1(3)4;;/h2-4H;;1H/q;+1;/p-1. The van der Waals surface area contributed by atoms with Gasteiger partial charge in [0.15, 0.2) is 0 Å². The largest absolute Gasteiger partial charge is 1.00 e. The van der Waals surface area contributed by atoms with Crippen LogP contribution in [0.25, 0.3) is 0 Å². The zero-order valence-electron chi connectivity index (χ0n) is 3.30. The fourth-order valence-corrected chi connectivity index (χ4v) is 0. The van der Waals surface area contributed by atoms with Crippen LogP contribution in [-0.2, 0) is 0 Å². The molecule has 0 bridgehead atoms. The van der Waals surface area contributed by atoms with E-state index in [0.717, 1.165) is 0 Å². The van der Waals surface area contributed by atoms with Gasteiger partial charge in [0.1, 0.15) is 0 Å². The summed E-state index contributed by atoms with van der Waals surface area (Å²) in [6, 6.07) is 0. The molecule has 0 rings (SSSR count). The van der Waals surface area contributed by atoms with E-state index >= 15 is 0 Å². The van der Waals surface area contributed by atoms with Crippen molar-refractivity contribution in [1.82, 2.24) is 0 Å². The maximum Gasteiger partial charge on any atom is 1.00 e. The van der Waals surface area contributed by atoms with Gasteiger partial charge >= 0.3 is 76.2 Å². The van der Waals surface area contributed by atoms with Crippen LogP contribution in [0.5, 0.6) is 0 Å². The summed E-state index contributed by atoms with van der Waals surface area (Å²) >= 11 is 0. The zero-order chi connectivity index (χ0) is 3.58. The van der Waals surface area contributed by atoms with Crippen LogP contribution in [-0.4, -0.2) is 22.4 Å². The smallest absolute Gasteiger partial charge is 1.00 e. The first-order valence-corrected chi connectivity index (χ1v) is 0.775. The fourth-order valence-electron chi connectivity index (χ4n) is 0. The van der Waals surface area contributed by atoms with Gasteiger partial charge in [-0.2, -0.15) is 0 Å². The summed E-state index contributed by atoms with van der Waals surface area (Å²) in [4.78, 5) is 0. The van der Waals surface area contributed by atoms with Crippen LogP contribution < -0.4 is 73.6 Å². The van der Waals surface area contributed by atoms with E-state index in [9.17, 15) is 0 Å². The Kier molecular flexibility index (Phi) is 26.2. The molecule has 0 aliphatic carbocycles. The van der Waals surface area contributed by atoms with Crippen LogP contribution in [0.4, 0.5) is 0 Å². The van der Waals surface area contributed by atoms with E-state index in [4.69, 9.17) is 15.1 Å². The summed E-state index contributed by atoms with van der Waals surface area (Å²) < 4.78 is 0. The third-order valence-electron chi connectivity index (χ3n) is 0. The van der Waals surface area contributed by atoms with Crippen molar-refractivity contribution >= 4 is 7.32 Å². The third kappa shape index (κ3) is 38.7. The van der Waals surface area contributed by atoms with Crippen molar-refractivity contribution in [2.75, 3.05) is 0 Å². The molecule has 0 aromatic carbocycles. The molecular weight excluding hydrogens is 211 g/mol. The summed E-state index contributed by atoms with van der Waals surface area (Å²) in [7, 11) is -2.17.